The normalized spacial score (nSPS) is 10.2. The van der Waals surface area contributed by atoms with Crippen LogP contribution in [-0.2, 0) is 6.54 Å². The van der Waals surface area contributed by atoms with Crippen molar-refractivity contribution in [2.45, 2.75) is 6.54 Å². The molecule has 0 aliphatic carbocycles. The van der Waals surface area contributed by atoms with Gasteiger partial charge in [-0.25, -0.2) is 0 Å². The summed E-state index contributed by atoms with van der Waals surface area (Å²) in [6.07, 6.45) is 0. The molecule has 0 saturated carbocycles. The lowest BCUT2D eigenvalue weighted by Crippen LogP contribution is -1.99. The Kier molecular flexibility index (Phi) is 3.85. The highest BCUT2D eigenvalue weighted by Crippen LogP contribution is 2.27. The lowest BCUT2D eigenvalue weighted by molar-refractivity contribution is -0.402. The summed E-state index contributed by atoms with van der Waals surface area (Å²) in [6.45, 7) is 0.159. The summed E-state index contributed by atoms with van der Waals surface area (Å²) in [5, 5.41) is 24.1. The first kappa shape index (κ1) is 13.8. The first-order valence-electron chi connectivity index (χ1n) is 5.38. The number of nitro benzene ring substituents is 1. The molecule has 8 nitrogen and oxygen atoms in total. The molecule has 1 heterocycles. The van der Waals surface area contributed by atoms with Crippen LogP contribution < -0.4 is 5.32 Å². The molecule has 0 atom stereocenters. The quantitative estimate of drug-likeness (QED) is 0.669. The maximum absolute atomic E-state index is 10.7. The smallest absolute Gasteiger partial charge is 0.404 e. The van der Waals surface area contributed by atoms with Gasteiger partial charge in [0.1, 0.15) is 15.7 Å². The van der Waals surface area contributed by atoms with Crippen LogP contribution in [-0.4, -0.2) is 9.85 Å². The molecular weight excluding hydrogens is 290 g/mol. The highest BCUT2D eigenvalue weighted by atomic mass is 35.5. The van der Waals surface area contributed by atoms with Gasteiger partial charge in [-0.3, -0.25) is 20.2 Å². The second-order valence-electron chi connectivity index (χ2n) is 3.77. The van der Waals surface area contributed by atoms with E-state index >= 15 is 0 Å². The zero-order valence-electron chi connectivity index (χ0n) is 9.91. The summed E-state index contributed by atoms with van der Waals surface area (Å²) < 4.78 is 4.95. The number of halogens is 1. The molecule has 1 aromatic heterocycles. The van der Waals surface area contributed by atoms with Crippen molar-refractivity contribution in [1.82, 2.24) is 0 Å². The third kappa shape index (κ3) is 3.04. The Balaban J connectivity index is 2.08. The average Bonchev–Trinajstić information content (AvgIpc) is 2.86. The van der Waals surface area contributed by atoms with Gasteiger partial charge in [0.15, 0.2) is 0 Å². The molecule has 0 amide bonds. The number of furan rings is 1. The topological polar surface area (TPSA) is 111 Å². The second-order valence-corrected chi connectivity index (χ2v) is 4.18. The number of nitro groups is 2. The largest absolute Gasteiger partial charge is 0.433 e. The molecule has 0 unspecified atom stereocenters. The van der Waals surface area contributed by atoms with Gasteiger partial charge in [-0.1, -0.05) is 11.6 Å². The van der Waals surface area contributed by atoms with E-state index in [4.69, 9.17) is 16.0 Å². The van der Waals surface area contributed by atoms with Crippen LogP contribution in [0, 0.1) is 20.2 Å². The van der Waals surface area contributed by atoms with Crippen LogP contribution in [0.25, 0.3) is 0 Å². The molecule has 0 radical (unpaired) electrons. The van der Waals surface area contributed by atoms with Gasteiger partial charge in [0.05, 0.1) is 17.5 Å². The predicted octanol–water partition coefficient (Wildman–Crippen LogP) is 3.36. The van der Waals surface area contributed by atoms with Gasteiger partial charge in [-0.05, 0) is 18.2 Å². The van der Waals surface area contributed by atoms with Crippen molar-refractivity contribution in [2.24, 2.45) is 0 Å². The molecule has 0 bridgehead atoms. The lowest BCUT2D eigenvalue weighted by Gasteiger charge is -2.04. The van der Waals surface area contributed by atoms with Gasteiger partial charge < -0.3 is 9.73 Å². The first-order valence-corrected chi connectivity index (χ1v) is 5.76. The van der Waals surface area contributed by atoms with Crippen molar-refractivity contribution in [1.29, 1.82) is 0 Å². The second kappa shape index (κ2) is 5.57. The SMILES string of the molecule is O=[N+]([O-])c1ccc(CNc2ccc(Cl)c([N+](=O)[O-])c2)o1. The van der Waals surface area contributed by atoms with Crippen LogP contribution in [0.2, 0.25) is 5.02 Å². The molecule has 1 N–H and O–H groups in total. The Hall–Kier alpha value is -2.61. The summed E-state index contributed by atoms with van der Waals surface area (Å²) in [6, 6.07) is 6.93. The molecule has 0 aliphatic rings. The van der Waals surface area contributed by atoms with Crippen molar-refractivity contribution in [2.75, 3.05) is 5.32 Å². The lowest BCUT2D eigenvalue weighted by atomic mass is 10.2. The van der Waals surface area contributed by atoms with E-state index in [1.807, 2.05) is 0 Å². The zero-order chi connectivity index (χ0) is 14.7. The summed E-state index contributed by atoms with van der Waals surface area (Å²) >= 11 is 5.68. The van der Waals surface area contributed by atoms with E-state index in [0.29, 0.717) is 11.4 Å². The minimum absolute atomic E-state index is 0.0363. The molecule has 9 heteroatoms. The number of anilines is 1. The van der Waals surface area contributed by atoms with Crippen LogP contribution in [0.15, 0.2) is 34.7 Å². The summed E-state index contributed by atoms with van der Waals surface area (Å²) in [7, 11) is 0. The van der Waals surface area contributed by atoms with Crippen LogP contribution in [0.1, 0.15) is 5.76 Å². The Morgan fingerprint density at radius 2 is 1.90 bits per heavy atom. The van der Waals surface area contributed by atoms with E-state index in [0.717, 1.165) is 0 Å². The molecule has 0 spiro atoms. The van der Waals surface area contributed by atoms with E-state index in [2.05, 4.69) is 5.32 Å². The number of nitrogens with one attached hydrogen (secondary N) is 1. The van der Waals surface area contributed by atoms with Crippen molar-refractivity contribution >= 4 is 28.9 Å². The number of rotatable bonds is 5. The minimum Gasteiger partial charge on any atom is -0.404 e. The van der Waals surface area contributed by atoms with E-state index < -0.39 is 9.85 Å². The van der Waals surface area contributed by atoms with Crippen LogP contribution in [0.3, 0.4) is 0 Å². The highest BCUT2D eigenvalue weighted by molar-refractivity contribution is 6.32. The van der Waals surface area contributed by atoms with Gasteiger partial charge in [0, 0.05) is 11.8 Å². The van der Waals surface area contributed by atoms with Gasteiger partial charge in [-0.2, -0.15) is 0 Å². The molecule has 0 aliphatic heterocycles. The summed E-state index contributed by atoms with van der Waals surface area (Å²) in [5.74, 6) is -0.0156. The number of hydrogen-bond donors (Lipinski definition) is 1. The van der Waals surface area contributed by atoms with E-state index in [9.17, 15) is 20.2 Å². The molecule has 104 valence electrons. The summed E-state index contributed by atoms with van der Waals surface area (Å²) in [4.78, 5) is 19.9. The fourth-order valence-electron chi connectivity index (χ4n) is 1.51. The van der Waals surface area contributed by atoms with Crippen molar-refractivity contribution in [3.8, 4) is 0 Å². The summed E-state index contributed by atoms with van der Waals surface area (Å²) in [5.41, 5.74) is 0.238. The maximum Gasteiger partial charge on any atom is 0.433 e. The fraction of sp³-hybridized carbons (Fsp3) is 0.0909. The molecular formula is C11H8ClN3O5. The highest BCUT2D eigenvalue weighted by Gasteiger charge is 2.14. The van der Waals surface area contributed by atoms with E-state index in [1.54, 1.807) is 6.07 Å². The van der Waals surface area contributed by atoms with Gasteiger partial charge >= 0.3 is 5.88 Å². The van der Waals surface area contributed by atoms with Crippen LogP contribution >= 0.6 is 11.6 Å². The van der Waals surface area contributed by atoms with Gasteiger partial charge in [0.2, 0.25) is 0 Å². The van der Waals surface area contributed by atoms with E-state index in [-0.39, 0.29) is 23.1 Å². The van der Waals surface area contributed by atoms with Crippen molar-refractivity contribution in [3.63, 3.8) is 0 Å². The molecule has 2 rings (SSSR count). The first-order chi connectivity index (χ1) is 9.47. The standard InChI is InChI=1S/C11H8ClN3O5/c12-9-3-1-7(5-10(9)14(16)17)13-6-8-2-4-11(20-8)15(18)19/h1-5,13H,6H2. The fourth-order valence-corrected chi connectivity index (χ4v) is 1.70. The Labute approximate surface area is 117 Å². The molecule has 2 aromatic rings. The minimum atomic E-state index is -0.642. The number of nitrogens with zero attached hydrogens (tertiary/aromatic N) is 2. The molecule has 1 aromatic carbocycles. The van der Waals surface area contributed by atoms with Crippen LogP contribution in [0.5, 0.6) is 0 Å². The Morgan fingerprint density at radius 1 is 1.15 bits per heavy atom. The Morgan fingerprint density at radius 3 is 2.50 bits per heavy atom. The van der Waals surface area contributed by atoms with Crippen molar-refractivity contribution < 1.29 is 14.3 Å². The Bertz CT molecular complexity index is 670. The number of hydrogen-bond acceptors (Lipinski definition) is 6. The van der Waals surface area contributed by atoms with Gasteiger partial charge in [-0.15, -0.1) is 0 Å². The van der Waals surface area contributed by atoms with Crippen molar-refractivity contribution in [3.05, 3.63) is 61.3 Å². The maximum atomic E-state index is 10.7. The third-order valence-electron chi connectivity index (χ3n) is 2.44. The predicted molar refractivity (Wildman–Crippen MR) is 70.8 cm³/mol. The molecule has 0 saturated heterocycles. The van der Waals surface area contributed by atoms with Gasteiger partial charge in [0.25, 0.3) is 5.69 Å². The third-order valence-corrected chi connectivity index (χ3v) is 2.76. The average molecular weight is 298 g/mol. The molecule has 0 fully saturated rings. The van der Waals surface area contributed by atoms with E-state index in [1.165, 1.54) is 24.3 Å². The van der Waals surface area contributed by atoms with Crippen LogP contribution in [0.4, 0.5) is 17.3 Å². The molecule has 20 heavy (non-hydrogen) atoms. The zero-order valence-corrected chi connectivity index (χ0v) is 10.7. The number of benzene rings is 1. The monoisotopic (exact) mass is 297 g/mol.